The van der Waals surface area contributed by atoms with Gasteiger partial charge in [0.1, 0.15) is 11.6 Å². The molecule has 0 saturated carbocycles. The van der Waals surface area contributed by atoms with Gasteiger partial charge in [-0.3, -0.25) is 0 Å². The Kier molecular flexibility index (Phi) is 5.04. The van der Waals surface area contributed by atoms with E-state index in [1.165, 1.54) is 10.4 Å². The smallest absolute Gasteiger partial charge is 0.191 e. The van der Waals surface area contributed by atoms with E-state index in [4.69, 9.17) is 0 Å². The van der Waals surface area contributed by atoms with Crippen LogP contribution in [0.15, 0.2) is 22.7 Å². The summed E-state index contributed by atoms with van der Waals surface area (Å²) in [6.07, 6.45) is 3.05. The van der Waals surface area contributed by atoms with Crippen LogP contribution in [0.25, 0.3) is 0 Å². The summed E-state index contributed by atoms with van der Waals surface area (Å²) in [7, 11) is 1.87. The van der Waals surface area contributed by atoms with Crippen molar-refractivity contribution >= 4 is 34.7 Å². The summed E-state index contributed by atoms with van der Waals surface area (Å²) in [4.78, 5) is 10.2. The lowest BCUT2D eigenvalue weighted by atomic mass is 10.2. The third kappa shape index (κ3) is 3.61. The summed E-state index contributed by atoms with van der Waals surface area (Å²) < 4.78 is 0. The van der Waals surface area contributed by atoms with E-state index in [1.807, 2.05) is 19.4 Å². The molecule has 0 aliphatic rings. The molecule has 0 fully saturated rings. The molecule has 2 aromatic rings. The number of aromatic nitrogens is 2. The van der Waals surface area contributed by atoms with Gasteiger partial charge in [0.2, 0.25) is 0 Å². The standard InChI is InChI=1S/C13H18N4S2/c1-4-9-5-6-19-10(9)8-15-12-7-11(14-2)16-13(17-12)18-3/h5-7H,4,8H2,1-3H3,(H2,14,15,16,17). The summed E-state index contributed by atoms with van der Waals surface area (Å²) >= 11 is 3.33. The van der Waals surface area contributed by atoms with Gasteiger partial charge in [-0.1, -0.05) is 18.7 Å². The Bertz CT molecular complexity index is 517. The second-order valence-corrected chi connectivity index (χ2v) is 5.73. The average molecular weight is 294 g/mol. The van der Waals surface area contributed by atoms with E-state index in [0.29, 0.717) is 0 Å². The first-order valence-electron chi connectivity index (χ1n) is 6.16. The van der Waals surface area contributed by atoms with Gasteiger partial charge in [-0.25, -0.2) is 9.97 Å². The second kappa shape index (κ2) is 6.77. The number of rotatable bonds is 6. The van der Waals surface area contributed by atoms with E-state index >= 15 is 0 Å². The molecule has 0 radical (unpaired) electrons. The molecule has 102 valence electrons. The van der Waals surface area contributed by atoms with Crippen molar-refractivity contribution in [2.45, 2.75) is 25.0 Å². The van der Waals surface area contributed by atoms with Crippen LogP contribution in [-0.2, 0) is 13.0 Å². The van der Waals surface area contributed by atoms with Crippen LogP contribution in [-0.4, -0.2) is 23.3 Å². The topological polar surface area (TPSA) is 49.8 Å². The SMILES string of the molecule is CCc1ccsc1CNc1cc(NC)nc(SC)n1. The molecule has 0 aliphatic heterocycles. The van der Waals surface area contributed by atoms with Gasteiger partial charge in [0, 0.05) is 18.0 Å². The number of hydrogen-bond acceptors (Lipinski definition) is 6. The van der Waals surface area contributed by atoms with Crippen molar-refractivity contribution in [3.63, 3.8) is 0 Å². The first-order valence-corrected chi connectivity index (χ1v) is 8.27. The molecule has 6 heteroatoms. The van der Waals surface area contributed by atoms with Crippen LogP contribution in [0.5, 0.6) is 0 Å². The summed E-state index contributed by atoms with van der Waals surface area (Å²) in [5.41, 5.74) is 1.41. The molecule has 2 heterocycles. The zero-order chi connectivity index (χ0) is 13.7. The minimum absolute atomic E-state index is 0.774. The summed E-state index contributed by atoms with van der Waals surface area (Å²) in [5.74, 6) is 1.70. The minimum atomic E-state index is 0.774. The van der Waals surface area contributed by atoms with Crippen molar-refractivity contribution in [1.29, 1.82) is 0 Å². The van der Waals surface area contributed by atoms with E-state index in [2.05, 4.69) is 39.0 Å². The molecule has 0 amide bonds. The highest BCUT2D eigenvalue weighted by Crippen LogP contribution is 2.21. The van der Waals surface area contributed by atoms with Gasteiger partial charge in [-0.05, 0) is 29.7 Å². The van der Waals surface area contributed by atoms with Crippen LogP contribution >= 0.6 is 23.1 Å². The number of nitrogens with zero attached hydrogens (tertiary/aromatic N) is 2. The molecule has 4 nitrogen and oxygen atoms in total. The van der Waals surface area contributed by atoms with Gasteiger partial charge in [-0.15, -0.1) is 11.3 Å². The van der Waals surface area contributed by atoms with Crippen molar-refractivity contribution < 1.29 is 0 Å². The highest BCUT2D eigenvalue weighted by atomic mass is 32.2. The lowest BCUT2D eigenvalue weighted by Gasteiger charge is -2.09. The maximum Gasteiger partial charge on any atom is 0.191 e. The van der Waals surface area contributed by atoms with Gasteiger partial charge in [0.05, 0.1) is 6.54 Å². The molecule has 0 atom stereocenters. The van der Waals surface area contributed by atoms with Crippen LogP contribution in [0, 0.1) is 0 Å². The molecule has 2 N–H and O–H groups in total. The lowest BCUT2D eigenvalue weighted by Crippen LogP contribution is -2.04. The van der Waals surface area contributed by atoms with Crippen LogP contribution in [0.1, 0.15) is 17.4 Å². The van der Waals surface area contributed by atoms with Gasteiger partial charge in [0.25, 0.3) is 0 Å². The van der Waals surface area contributed by atoms with Crippen LogP contribution in [0.2, 0.25) is 0 Å². The fourth-order valence-electron chi connectivity index (χ4n) is 1.74. The Morgan fingerprint density at radius 3 is 2.79 bits per heavy atom. The van der Waals surface area contributed by atoms with E-state index in [1.54, 1.807) is 23.1 Å². The van der Waals surface area contributed by atoms with Gasteiger partial charge in [-0.2, -0.15) is 0 Å². The molecule has 0 aliphatic carbocycles. The zero-order valence-corrected chi connectivity index (χ0v) is 13.0. The Balaban J connectivity index is 2.10. The molecule has 0 unspecified atom stereocenters. The summed E-state index contributed by atoms with van der Waals surface area (Å²) in [5, 5.41) is 9.35. The number of thiophene rings is 1. The molecular formula is C13H18N4S2. The average Bonchev–Trinajstić information content (AvgIpc) is 2.92. The van der Waals surface area contributed by atoms with Crippen molar-refractivity contribution in [3.8, 4) is 0 Å². The fourth-order valence-corrected chi connectivity index (χ4v) is 3.04. The summed E-state index contributed by atoms with van der Waals surface area (Å²) in [6, 6.07) is 4.12. The Morgan fingerprint density at radius 1 is 1.32 bits per heavy atom. The Hall–Kier alpha value is -1.27. The van der Waals surface area contributed by atoms with E-state index in [9.17, 15) is 0 Å². The number of aryl methyl sites for hydroxylation is 1. The van der Waals surface area contributed by atoms with Crippen molar-refractivity contribution in [2.24, 2.45) is 0 Å². The van der Waals surface area contributed by atoms with E-state index < -0.39 is 0 Å². The maximum atomic E-state index is 4.46. The molecule has 19 heavy (non-hydrogen) atoms. The fraction of sp³-hybridized carbons (Fsp3) is 0.385. The highest BCUT2D eigenvalue weighted by molar-refractivity contribution is 7.98. The van der Waals surface area contributed by atoms with Crippen LogP contribution < -0.4 is 10.6 Å². The van der Waals surface area contributed by atoms with Gasteiger partial charge >= 0.3 is 0 Å². The molecular weight excluding hydrogens is 276 g/mol. The predicted octanol–water partition coefficient (Wildman–Crippen LogP) is 3.48. The Morgan fingerprint density at radius 2 is 2.11 bits per heavy atom. The monoisotopic (exact) mass is 294 g/mol. The molecule has 0 aromatic carbocycles. The minimum Gasteiger partial charge on any atom is -0.373 e. The second-order valence-electron chi connectivity index (χ2n) is 3.95. The normalized spacial score (nSPS) is 10.5. The maximum absolute atomic E-state index is 4.46. The van der Waals surface area contributed by atoms with Gasteiger partial charge < -0.3 is 10.6 Å². The third-order valence-corrected chi connectivity index (χ3v) is 4.30. The lowest BCUT2D eigenvalue weighted by molar-refractivity contribution is 0.957. The molecule has 0 saturated heterocycles. The number of anilines is 2. The largest absolute Gasteiger partial charge is 0.373 e. The number of thioether (sulfide) groups is 1. The van der Waals surface area contributed by atoms with E-state index in [-0.39, 0.29) is 0 Å². The van der Waals surface area contributed by atoms with Crippen LogP contribution in [0.4, 0.5) is 11.6 Å². The van der Waals surface area contributed by atoms with Gasteiger partial charge in [0.15, 0.2) is 5.16 Å². The van der Waals surface area contributed by atoms with Crippen molar-refractivity contribution in [2.75, 3.05) is 23.9 Å². The van der Waals surface area contributed by atoms with E-state index in [0.717, 1.165) is 29.8 Å². The molecule has 2 rings (SSSR count). The first-order chi connectivity index (χ1) is 9.26. The molecule has 2 aromatic heterocycles. The third-order valence-electron chi connectivity index (χ3n) is 2.79. The molecule has 0 bridgehead atoms. The van der Waals surface area contributed by atoms with Crippen molar-refractivity contribution in [3.05, 3.63) is 28.0 Å². The number of nitrogens with one attached hydrogen (secondary N) is 2. The van der Waals surface area contributed by atoms with Crippen LogP contribution in [0.3, 0.4) is 0 Å². The summed E-state index contributed by atoms with van der Waals surface area (Å²) in [6.45, 7) is 3.00. The Labute approximate surface area is 122 Å². The first kappa shape index (κ1) is 14.1. The quantitative estimate of drug-likeness (QED) is 0.631. The highest BCUT2D eigenvalue weighted by Gasteiger charge is 2.05. The van der Waals surface area contributed by atoms with Crippen molar-refractivity contribution in [1.82, 2.24) is 9.97 Å². The molecule has 0 spiro atoms. The predicted molar refractivity (Wildman–Crippen MR) is 84.4 cm³/mol. The number of hydrogen-bond donors (Lipinski definition) is 2. The zero-order valence-electron chi connectivity index (χ0n) is 11.4.